The molecule has 4 nitrogen and oxygen atoms in total. The molecule has 0 fully saturated rings. The van der Waals surface area contributed by atoms with Crippen LogP contribution in [0, 0.1) is 12.8 Å². The molecule has 0 amide bonds. The number of anilines is 1. The van der Waals surface area contributed by atoms with Crippen LogP contribution in [0.5, 0.6) is 0 Å². The quantitative estimate of drug-likeness (QED) is 0.813. The topological polar surface area (TPSA) is 72.2 Å². The minimum atomic E-state index is -3.49. The van der Waals surface area contributed by atoms with Gasteiger partial charge in [0.15, 0.2) is 0 Å². The van der Waals surface area contributed by atoms with Crippen molar-refractivity contribution < 1.29 is 8.42 Å². The molecule has 18 heavy (non-hydrogen) atoms. The minimum Gasteiger partial charge on any atom is -0.398 e. The first kappa shape index (κ1) is 15.5. The molecule has 102 valence electrons. The molecular formula is C12H19BrN2O2S. The van der Waals surface area contributed by atoms with Crippen molar-refractivity contribution in [1.82, 2.24) is 4.72 Å². The van der Waals surface area contributed by atoms with Gasteiger partial charge in [-0.25, -0.2) is 13.1 Å². The number of nitrogens with two attached hydrogens (primary N) is 1. The molecule has 1 atom stereocenters. The lowest BCUT2D eigenvalue weighted by molar-refractivity contribution is 0.528. The molecule has 1 rings (SSSR count). The van der Waals surface area contributed by atoms with E-state index in [9.17, 15) is 8.42 Å². The number of hydrogen-bond acceptors (Lipinski definition) is 3. The summed E-state index contributed by atoms with van der Waals surface area (Å²) in [5.41, 5.74) is 6.82. The second-order valence-corrected chi connectivity index (χ2v) is 7.09. The van der Waals surface area contributed by atoms with Crippen LogP contribution in [-0.4, -0.2) is 15.0 Å². The minimum absolute atomic E-state index is 0.242. The van der Waals surface area contributed by atoms with Crippen molar-refractivity contribution in [2.75, 3.05) is 12.3 Å². The van der Waals surface area contributed by atoms with Crippen molar-refractivity contribution >= 4 is 31.6 Å². The second kappa shape index (κ2) is 6.04. The average Bonchev–Trinajstić information content (AvgIpc) is 2.30. The molecule has 0 saturated heterocycles. The van der Waals surface area contributed by atoms with Crippen molar-refractivity contribution in [3.05, 3.63) is 22.2 Å². The lowest BCUT2D eigenvalue weighted by Crippen LogP contribution is -2.28. The van der Waals surface area contributed by atoms with E-state index in [0.29, 0.717) is 28.2 Å². The van der Waals surface area contributed by atoms with Gasteiger partial charge in [0.25, 0.3) is 0 Å². The molecule has 0 aliphatic rings. The van der Waals surface area contributed by atoms with E-state index in [4.69, 9.17) is 5.73 Å². The van der Waals surface area contributed by atoms with Crippen LogP contribution in [0.4, 0.5) is 5.69 Å². The molecule has 0 radical (unpaired) electrons. The molecule has 1 unspecified atom stereocenters. The molecule has 0 saturated carbocycles. The summed E-state index contributed by atoms with van der Waals surface area (Å²) in [5, 5.41) is 0. The Kier molecular flexibility index (Phi) is 5.19. The number of benzene rings is 1. The van der Waals surface area contributed by atoms with Gasteiger partial charge in [0, 0.05) is 16.7 Å². The molecule has 0 aliphatic heterocycles. The molecule has 0 heterocycles. The normalized spacial score (nSPS) is 13.6. The van der Waals surface area contributed by atoms with Crippen molar-refractivity contribution in [1.29, 1.82) is 0 Å². The third kappa shape index (κ3) is 3.70. The molecule has 0 aliphatic carbocycles. The summed E-state index contributed by atoms with van der Waals surface area (Å²) in [6.45, 7) is 6.23. The zero-order chi connectivity index (χ0) is 13.9. The predicted octanol–water partition coefficient (Wildman–Crippen LogP) is 2.66. The van der Waals surface area contributed by atoms with Crippen molar-refractivity contribution in [2.24, 2.45) is 5.92 Å². The molecule has 1 aromatic carbocycles. The van der Waals surface area contributed by atoms with E-state index in [1.54, 1.807) is 13.0 Å². The van der Waals surface area contributed by atoms with Crippen LogP contribution in [0.15, 0.2) is 21.5 Å². The van der Waals surface area contributed by atoms with Crippen molar-refractivity contribution in [2.45, 2.75) is 32.1 Å². The summed E-state index contributed by atoms with van der Waals surface area (Å²) in [6.07, 6.45) is 0.935. The zero-order valence-corrected chi connectivity index (χ0v) is 13.2. The number of aryl methyl sites for hydroxylation is 1. The van der Waals surface area contributed by atoms with Gasteiger partial charge < -0.3 is 5.73 Å². The van der Waals surface area contributed by atoms with Gasteiger partial charge in [-0.1, -0.05) is 20.3 Å². The highest BCUT2D eigenvalue weighted by atomic mass is 79.9. The predicted molar refractivity (Wildman–Crippen MR) is 77.9 cm³/mol. The smallest absolute Gasteiger partial charge is 0.240 e. The van der Waals surface area contributed by atoms with Gasteiger partial charge in [-0.05, 0) is 46.5 Å². The van der Waals surface area contributed by atoms with Crippen LogP contribution >= 0.6 is 15.9 Å². The molecular weight excluding hydrogens is 316 g/mol. The monoisotopic (exact) mass is 334 g/mol. The van der Waals surface area contributed by atoms with Gasteiger partial charge in [-0.15, -0.1) is 0 Å². The fourth-order valence-corrected chi connectivity index (χ4v) is 3.31. The highest BCUT2D eigenvalue weighted by Gasteiger charge is 2.18. The molecule has 1 aromatic rings. The Morgan fingerprint density at radius 3 is 2.61 bits per heavy atom. The Balaban J connectivity index is 3.02. The Labute approximate surface area is 117 Å². The Morgan fingerprint density at radius 1 is 1.44 bits per heavy atom. The van der Waals surface area contributed by atoms with Crippen LogP contribution in [0.3, 0.4) is 0 Å². The summed E-state index contributed by atoms with van der Waals surface area (Å²) in [5.74, 6) is 0.313. The molecule has 0 bridgehead atoms. The fraction of sp³-hybridized carbons (Fsp3) is 0.500. The van der Waals surface area contributed by atoms with Gasteiger partial charge >= 0.3 is 0 Å². The van der Waals surface area contributed by atoms with Gasteiger partial charge in [0.1, 0.15) is 0 Å². The summed E-state index contributed by atoms with van der Waals surface area (Å²) in [7, 11) is -3.49. The van der Waals surface area contributed by atoms with E-state index < -0.39 is 10.0 Å². The summed E-state index contributed by atoms with van der Waals surface area (Å²) >= 11 is 3.28. The van der Waals surface area contributed by atoms with Gasteiger partial charge in [-0.3, -0.25) is 0 Å². The summed E-state index contributed by atoms with van der Waals surface area (Å²) in [6, 6.07) is 3.20. The lowest BCUT2D eigenvalue weighted by Gasteiger charge is -2.13. The first-order valence-corrected chi connectivity index (χ1v) is 8.10. The maximum atomic E-state index is 12.2. The van der Waals surface area contributed by atoms with Crippen LogP contribution in [0.1, 0.15) is 25.8 Å². The zero-order valence-electron chi connectivity index (χ0n) is 10.8. The van der Waals surface area contributed by atoms with Crippen LogP contribution in [0.25, 0.3) is 0 Å². The van der Waals surface area contributed by atoms with E-state index in [-0.39, 0.29) is 4.90 Å². The standard InChI is InChI=1S/C12H19BrN2O2S/c1-4-8(2)7-15-18(16,17)12-6-11(14)10(13)5-9(12)3/h5-6,8,15H,4,7,14H2,1-3H3. The molecule has 3 N–H and O–H groups in total. The van der Waals surface area contributed by atoms with Crippen LogP contribution in [0.2, 0.25) is 0 Å². The number of hydrogen-bond donors (Lipinski definition) is 2. The SMILES string of the molecule is CCC(C)CNS(=O)(=O)c1cc(N)c(Br)cc1C. The number of rotatable bonds is 5. The van der Waals surface area contributed by atoms with Gasteiger partial charge in [-0.2, -0.15) is 0 Å². The number of sulfonamides is 1. The fourth-order valence-electron chi connectivity index (χ4n) is 1.43. The van der Waals surface area contributed by atoms with E-state index in [2.05, 4.69) is 20.7 Å². The van der Waals surface area contributed by atoms with E-state index in [1.807, 2.05) is 13.8 Å². The molecule has 0 aromatic heterocycles. The molecule has 6 heteroatoms. The van der Waals surface area contributed by atoms with Crippen molar-refractivity contribution in [3.63, 3.8) is 0 Å². The highest BCUT2D eigenvalue weighted by molar-refractivity contribution is 9.10. The first-order chi connectivity index (χ1) is 8.27. The molecule has 0 spiro atoms. The van der Waals surface area contributed by atoms with Crippen molar-refractivity contribution in [3.8, 4) is 0 Å². The van der Waals surface area contributed by atoms with E-state index >= 15 is 0 Å². The first-order valence-electron chi connectivity index (χ1n) is 5.83. The maximum absolute atomic E-state index is 12.2. The second-order valence-electron chi connectivity index (χ2n) is 4.50. The Hall–Kier alpha value is -0.590. The average molecular weight is 335 g/mol. The largest absolute Gasteiger partial charge is 0.398 e. The highest BCUT2D eigenvalue weighted by Crippen LogP contribution is 2.26. The third-order valence-electron chi connectivity index (χ3n) is 2.90. The van der Waals surface area contributed by atoms with Gasteiger partial charge in [0.2, 0.25) is 10.0 Å². The number of nitrogens with one attached hydrogen (secondary N) is 1. The van der Waals surface area contributed by atoms with E-state index in [0.717, 1.165) is 6.42 Å². The van der Waals surface area contributed by atoms with Crippen LogP contribution in [-0.2, 0) is 10.0 Å². The number of nitrogen functional groups attached to an aromatic ring is 1. The summed E-state index contributed by atoms with van der Waals surface area (Å²) < 4.78 is 27.6. The number of halogens is 1. The maximum Gasteiger partial charge on any atom is 0.240 e. The van der Waals surface area contributed by atoms with E-state index in [1.165, 1.54) is 6.07 Å². The van der Waals surface area contributed by atoms with Gasteiger partial charge in [0.05, 0.1) is 4.90 Å². The van der Waals surface area contributed by atoms with Crippen LogP contribution < -0.4 is 10.5 Å². The Bertz CT molecular complexity index is 529. The Morgan fingerprint density at radius 2 is 2.06 bits per heavy atom. The summed E-state index contributed by atoms with van der Waals surface area (Å²) in [4.78, 5) is 0.242. The third-order valence-corrected chi connectivity index (χ3v) is 5.15. The lowest BCUT2D eigenvalue weighted by atomic mass is 10.1.